The maximum Gasteiger partial charge on any atom is 0.145 e. The first kappa shape index (κ1) is 14.8. The van der Waals surface area contributed by atoms with Crippen molar-refractivity contribution >= 4 is 17.3 Å². The van der Waals surface area contributed by atoms with E-state index in [2.05, 4.69) is 10.3 Å². The van der Waals surface area contributed by atoms with Crippen LogP contribution in [0.15, 0.2) is 36.7 Å². The molecule has 1 aromatic carbocycles. The summed E-state index contributed by atoms with van der Waals surface area (Å²) in [5.74, 6) is -0.353. The summed E-state index contributed by atoms with van der Waals surface area (Å²) < 4.78 is 13.9. The third-order valence-electron chi connectivity index (χ3n) is 3.31. The van der Waals surface area contributed by atoms with Gasteiger partial charge in [0.05, 0.1) is 5.02 Å². The smallest absolute Gasteiger partial charge is 0.145 e. The van der Waals surface area contributed by atoms with Gasteiger partial charge in [-0.25, -0.2) is 4.39 Å². The van der Waals surface area contributed by atoms with Gasteiger partial charge in [0, 0.05) is 24.1 Å². The minimum absolute atomic E-state index is 0.0643. The minimum atomic E-state index is -0.353. The first-order valence-corrected chi connectivity index (χ1v) is 6.78. The molecule has 20 heavy (non-hydrogen) atoms. The van der Waals surface area contributed by atoms with Gasteiger partial charge >= 0.3 is 0 Å². The Kier molecular flexibility index (Phi) is 4.93. The van der Waals surface area contributed by atoms with Crippen LogP contribution in [0.2, 0.25) is 5.02 Å². The Bertz CT molecular complexity index is 589. The van der Waals surface area contributed by atoms with Gasteiger partial charge in [0.1, 0.15) is 5.82 Å². The molecule has 1 unspecified atom stereocenters. The van der Waals surface area contributed by atoms with E-state index in [0.29, 0.717) is 24.1 Å². The van der Waals surface area contributed by atoms with Crippen LogP contribution in [0.25, 0.3) is 0 Å². The zero-order chi connectivity index (χ0) is 14.5. The van der Waals surface area contributed by atoms with Crippen LogP contribution in [0.4, 0.5) is 10.1 Å². The van der Waals surface area contributed by atoms with Crippen molar-refractivity contribution < 1.29 is 4.39 Å². The summed E-state index contributed by atoms with van der Waals surface area (Å²) in [5.41, 5.74) is 8.16. The summed E-state index contributed by atoms with van der Waals surface area (Å²) >= 11 is 5.80. The van der Waals surface area contributed by atoms with Crippen molar-refractivity contribution in [2.24, 2.45) is 0 Å². The Morgan fingerprint density at radius 3 is 2.75 bits per heavy atom. The molecule has 0 fully saturated rings. The maximum atomic E-state index is 13.9. The molecule has 0 radical (unpaired) electrons. The third kappa shape index (κ3) is 3.46. The van der Waals surface area contributed by atoms with E-state index < -0.39 is 0 Å². The summed E-state index contributed by atoms with van der Waals surface area (Å²) in [6, 6.07) is 6.88. The lowest BCUT2D eigenvalue weighted by atomic mass is 9.99. The first-order valence-electron chi connectivity index (χ1n) is 6.40. The topological polar surface area (TPSA) is 50.9 Å². The fraction of sp³-hybridized carbons (Fsp3) is 0.267. The molecule has 0 bridgehead atoms. The number of aromatic nitrogens is 1. The number of nitrogens with zero attached hydrogens (tertiary/aromatic N) is 1. The quantitative estimate of drug-likeness (QED) is 0.891. The van der Waals surface area contributed by atoms with E-state index in [-0.39, 0.29) is 16.9 Å². The van der Waals surface area contributed by atoms with E-state index in [0.717, 1.165) is 5.56 Å². The number of nitrogen functional groups attached to an aromatic ring is 1. The highest BCUT2D eigenvalue weighted by molar-refractivity contribution is 6.30. The van der Waals surface area contributed by atoms with Crippen LogP contribution in [-0.2, 0) is 12.8 Å². The lowest BCUT2D eigenvalue weighted by molar-refractivity contribution is 0.532. The van der Waals surface area contributed by atoms with Gasteiger partial charge in [-0.15, -0.1) is 0 Å². The van der Waals surface area contributed by atoms with Crippen molar-refractivity contribution in [1.29, 1.82) is 0 Å². The van der Waals surface area contributed by atoms with Gasteiger partial charge in [0.15, 0.2) is 0 Å². The van der Waals surface area contributed by atoms with Gasteiger partial charge in [0.25, 0.3) is 0 Å². The summed E-state index contributed by atoms with van der Waals surface area (Å²) in [6.07, 6.45) is 4.62. The van der Waals surface area contributed by atoms with Gasteiger partial charge in [0.2, 0.25) is 0 Å². The molecule has 0 amide bonds. The molecule has 0 saturated carbocycles. The molecule has 5 heteroatoms. The number of benzene rings is 1. The largest absolute Gasteiger partial charge is 0.398 e. The van der Waals surface area contributed by atoms with Gasteiger partial charge in [-0.1, -0.05) is 23.7 Å². The molecule has 0 aliphatic carbocycles. The molecular formula is C15H17ClFN3. The predicted molar refractivity (Wildman–Crippen MR) is 80.3 cm³/mol. The van der Waals surface area contributed by atoms with E-state index in [1.165, 1.54) is 0 Å². The standard InChI is InChI=1S/C15H17ClFN3/c1-19-12(8-11-9-20-6-5-14(11)18)7-10-3-2-4-13(16)15(10)17/h2-6,9,12,19H,7-8H2,1H3,(H2,18,20). The molecule has 2 aromatic rings. The molecule has 3 nitrogen and oxygen atoms in total. The van der Waals surface area contributed by atoms with Crippen molar-refractivity contribution in [3.8, 4) is 0 Å². The van der Waals surface area contributed by atoms with E-state index in [9.17, 15) is 4.39 Å². The number of pyridine rings is 1. The molecule has 0 aliphatic rings. The van der Waals surface area contributed by atoms with Crippen LogP contribution < -0.4 is 11.1 Å². The lowest BCUT2D eigenvalue weighted by Gasteiger charge is -2.17. The second kappa shape index (κ2) is 6.68. The number of halogens is 2. The highest BCUT2D eigenvalue weighted by atomic mass is 35.5. The number of anilines is 1. The lowest BCUT2D eigenvalue weighted by Crippen LogP contribution is -2.30. The number of hydrogen-bond donors (Lipinski definition) is 2. The number of hydrogen-bond acceptors (Lipinski definition) is 3. The fourth-order valence-electron chi connectivity index (χ4n) is 2.12. The van der Waals surface area contributed by atoms with Gasteiger partial charge in [-0.2, -0.15) is 0 Å². The fourth-order valence-corrected chi connectivity index (χ4v) is 2.32. The van der Waals surface area contributed by atoms with E-state index >= 15 is 0 Å². The molecular weight excluding hydrogens is 277 g/mol. The highest BCUT2D eigenvalue weighted by Gasteiger charge is 2.14. The average molecular weight is 294 g/mol. The number of nitrogens with two attached hydrogens (primary N) is 1. The van der Waals surface area contributed by atoms with Crippen molar-refractivity contribution in [2.75, 3.05) is 12.8 Å². The van der Waals surface area contributed by atoms with E-state index in [1.807, 2.05) is 7.05 Å². The maximum absolute atomic E-state index is 13.9. The Hall–Kier alpha value is -1.65. The zero-order valence-electron chi connectivity index (χ0n) is 11.2. The van der Waals surface area contributed by atoms with Crippen LogP contribution in [0.3, 0.4) is 0 Å². The highest BCUT2D eigenvalue weighted by Crippen LogP contribution is 2.20. The molecule has 1 heterocycles. The van der Waals surface area contributed by atoms with Crippen LogP contribution in [0.1, 0.15) is 11.1 Å². The van der Waals surface area contributed by atoms with Crippen LogP contribution in [-0.4, -0.2) is 18.1 Å². The van der Waals surface area contributed by atoms with Crippen molar-refractivity contribution in [2.45, 2.75) is 18.9 Å². The Morgan fingerprint density at radius 1 is 1.30 bits per heavy atom. The number of rotatable bonds is 5. The van der Waals surface area contributed by atoms with Gasteiger partial charge < -0.3 is 11.1 Å². The number of nitrogens with one attached hydrogen (secondary N) is 1. The normalized spacial score (nSPS) is 12.3. The van der Waals surface area contributed by atoms with Crippen molar-refractivity contribution in [3.05, 3.63) is 58.6 Å². The summed E-state index contributed by atoms with van der Waals surface area (Å²) in [5, 5.41) is 3.33. The average Bonchev–Trinajstić information content (AvgIpc) is 2.45. The molecule has 0 saturated heterocycles. The Labute approximate surface area is 123 Å². The predicted octanol–water partition coefficient (Wildman–Crippen LogP) is 2.83. The Balaban J connectivity index is 2.14. The van der Waals surface area contributed by atoms with Crippen LogP contribution >= 0.6 is 11.6 Å². The summed E-state index contributed by atoms with van der Waals surface area (Å²) in [7, 11) is 1.85. The molecule has 1 aromatic heterocycles. The SMILES string of the molecule is CNC(Cc1cnccc1N)Cc1cccc(Cl)c1F. The van der Waals surface area contributed by atoms with Crippen LogP contribution in [0.5, 0.6) is 0 Å². The molecule has 106 valence electrons. The zero-order valence-corrected chi connectivity index (χ0v) is 12.0. The van der Waals surface area contributed by atoms with E-state index in [4.69, 9.17) is 17.3 Å². The third-order valence-corrected chi connectivity index (χ3v) is 3.61. The van der Waals surface area contributed by atoms with Crippen molar-refractivity contribution in [1.82, 2.24) is 10.3 Å². The first-order chi connectivity index (χ1) is 9.61. The molecule has 1 atom stereocenters. The van der Waals surface area contributed by atoms with Gasteiger partial charge in [-0.05, 0) is 43.1 Å². The van der Waals surface area contributed by atoms with Crippen LogP contribution in [0, 0.1) is 5.82 Å². The van der Waals surface area contributed by atoms with Crippen molar-refractivity contribution in [3.63, 3.8) is 0 Å². The molecule has 2 rings (SSSR count). The van der Waals surface area contributed by atoms with Gasteiger partial charge in [-0.3, -0.25) is 4.98 Å². The number of likely N-dealkylation sites (N-methyl/N-ethyl adjacent to an activating group) is 1. The summed E-state index contributed by atoms with van der Waals surface area (Å²) in [6.45, 7) is 0. The van der Waals surface area contributed by atoms with E-state index in [1.54, 1.807) is 36.7 Å². The Morgan fingerprint density at radius 2 is 2.05 bits per heavy atom. The second-order valence-electron chi connectivity index (χ2n) is 4.68. The molecule has 0 spiro atoms. The summed E-state index contributed by atoms with van der Waals surface area (Å²) in [4.78, 5) is 4.07. The second-order valence-corrected chi connectivity index (χ2v) is 5.09. The molecule has 3 N–H and O–H groups in total. The minimum Gasteiger partial charge on any atom is -0.398 e. The molecule has 0 aliphatic heterocycles. The monoisotopic (exact) mass is 293 g/mol.